The molecule has 9 heteroatoms. The number of rotatable bonds is 6. The Hall–Kier alpha value is -3.23. The van der Waals surface area contributed by atoms with Crippen LogP contribution in [0.5, 0.6) is 11.5 Å². The first-order chi connectivity index (χ1) is 15.8. The van der Waals surface area contributed by atoms with Crippen LogP contribution in [-0.2, 0) is 16.4 Å². The Balaban J connectivity index is 1.62. The number of nitrogens with one attached hydrogen (secondary N) is 1. The molecule has 0 atom stereocenters. The van der Waals surface area contributed by atoms with Gasteiger partial charge in [0.05, 0.1) is 30.5 Å². The van der Waals surface area contributed by atoms with Crippen LogP contribution in [0.15, 0.2) is 65.6 Å². The van der Waals surface area contributed by atoms with Crippen molar-refractivity contribution in [2.75, 3.05) is 30.4 Å². The lowest BCUT2D eigenvalue weighted by atomic mass is 10.0. The highest BCUT2D eigenvalue weighted by Gasteiger charge is 2.29. The fourth-order valence-electron chi connectivity index (χ4n) is 3.79. The van der Waals surface area contributed by atoms with Gasteiger partial charge in [-0.05, 0) is 73.0 Å². The van der Waals surface area contributed by atoms with E-state index in [9.17, 15) is 13.2 Å². The maximum atomic E-state index is 13.2. The molecular formula is C24H23ClN2O5S. The van der Waals surface area contributed by atoms with Crippen molar-refractivity contribution in [1.29, 1.82) is 0 Å². The summed E-state index contributed by atoms with van der Waals surface area (Å²) < 4.78 is 38.4. The molecule has 0 spiro atoms. The minimum absolute atomic E-state index is 0.173. The van der Waals surface area contributed by atoms with Crippen LogP contribution < -0.4 is 19.1 Å². The summed E-state index contributed by atoms with van der Waals surface area (Å²) in [7, 11) is -0.685. The van der Waals surface area contributed by atoms with E-state index in [4.69, 9.17) is 21.1 Å². The van der Waals surface area contributed by atoms with Gasteiger partial charge in [-0.15, -0.1) is 0 Å². The summed E-state index contributed by atoms with van der Waals surface area (Å²) in [5.74, 6) is 0.754. The van der Waals surface area contributed by atoms with Gasteiger partial charge in [-0.25, -0.2) is 8.42 Å². The van der Waals surface area contributed by atoms with E-state index in [2.05, 4.69) is 5.32 Å². The summed E-state index contributed by atoms with van der Waals surface area (Å²) in [5.41, 5.74) is 2.27. The fraction of sp³-hybridized carbons (Fsp3) is 0.208. The molecule has 0 fully saturated rings. The molecule has 3 aromatic rings. The number of sulfonamides is 1. The highest BCUT2D eigenvalue weighted by molar-refractivity contribution is 7.92. The normalized spacial score (nSPS) is 13.2. The molecule has 1 N–H and O–H groups in total. The Morgan fingerprint density at radius 2 is 1.76 bits per heavy atom. The van der Waals surface area contributed by atoms with E-state index in [-0.39, 0.29) is 10.8 Å². The van der Waals surface area contributed by atoms with Crippen LogP contribution >= 0.6 is 11.6 Å². The minimum Gasteiger partial charge on any atom is -0.497 e. The van der Waals surface area contributed by atoms with Gasteiger partial charge in [0.25, 0.3) is 15.9 Å². The van der Waals surface area contributed by atoms with Crippen LogP contribution in [0.2, 0.25) is 5.02 Å². The number of halogens is 1. The molecule has 1 amide bonds. The fourth-order valence-corrected chi connectivity index (χ4v) is 5.46. The first-order valence-electron chi connectivity index (χ1n) is 10.3. The lowest BCUT2D eigenvalue weighted by Crippen LogP contribution is -2.35. The first-order valence-corrected chi connectivity index (χ1v) is 12.1. The van der Waals surface area contributed by atoms with Crippen LogP contribution in [-0.4, -0.2) is 35.1 Å². The largest absolute Gasteiger partial charge is 0.497 e. The summed E-state index contributed by atoms with van der Waals surface area (Å²) in [5, 5.41) is 3.31. The number of aryl methyl sites for hydroxylation is 1. The third-order valence-corrected chi connectivity index (χ3v) is 7.55. The number of ether oxygens (including phenoxy) is 2. The summed E-state index contributed by atoms with van der Waals surface area (Å²) in [6, 6.07) is 16.3. The lowest BCUT2D eigenvalue weighted by Gasteiger charge is -2.30. The van der Waals surface area contributed by atoms with Crippen molar-refractivity contribution in [3.8, 4) is 11.5 Å². The predicted octanol–water partition coefficient (Wildman–Crippen LogP) is 4.75. The third kappa shape index (κ3) is 4.62. The van der Waals surface area contributed by atoms with Gasteiger partial charge in [0.1, 0.15) is 11.5 Å². The van der Waals surface area contributed by atoms with Crippen LogP contribution in [0.25, 0.3) is 0 Å². The maximum absolute atomic E-state index is 13.2. The zero-order valence-electron chi connectivity index (χ0n) is 18.2. The summed E-state index contributed by atoms with van der Waals surface area (Å²) >= 11 is 5.91. The summed E-state index contributed by atoms with van der Waals surface area (Å²) in [6.45, 7) is 0.366. The molecule has 172 valence electrons. The van der Waals surface area contributed by atoms with E-state index in [1.807, 2.05) is 0 Å². The van der Waals surface area contributed by atoms with Gasteiger partial charge >= 0.3 is 0 Å². The predicted molar refractivity (Wildman–Crippen MR) is 128 cm³/mol. The highest BCUT2D eigenvalue weighted by Crippen LogP contribution is 2.34. The van der Waals surface area contributed by atoms with Crippen molar-refractivity contribution < 1.29 is 22.7 Å². The molecule has 0 aliphatic carbocycles. The average Bonchev–Trinajstić information content (AvgIpc) is 2.83. The SMILES string of the molecule is COc1ccc(OC)c(NC(=O)c2ccc3c(c2)CCCN3S(=O)(=O)c2ccc(Cl)cc2)c1. The molecule has 1 aliphatic heterocycles. The van der Waals surface area contributed by atoms with Crippen LogP contribution in [0.4, 0.5) is 11.4 Å². The number of hydrogen-bond donors (Lipinski definition) is 1. The lowest BCUT2D eigenvalue weighted by molar-refractivity contribution is 0.102. The van der Waals surface area contributed by atoms with Gasteiger partial charge in [0.2, 0.25) is 0 Å². The van der Waals surface area contributed by atoms with Gasteiger partial charge in [-0.2, -0.15) is 0 Å². The topological polar surface area (TPSA) is 84.9 Å². The summed E-state index contributed by atoms with van der Waals surface area (Å²) in [6.07, 6.45) is 1.32. The van der Waals surface area contributed by atoms with Gasteiger partial charge in [-0.3, -0.25) is 9.10 Å². The quantitative estimate of drug-likeness (QED) is 0.543. The van der Waals surface area contributed by atoms with Crippen LogP contribution in [0.1, 0.15) is 22.3 Å². The van der Waals surface area contributed by atoms with Crippen molar-refractivity contribution >= 4 is 38.9 Å². The van der Waals surface area contributed by atoms with Crippen molar-refractivity contribution in [2.24, 2.45) is 0 Å². The van der Waals surface area contributed by atoms with Gasteiger partial charge < -0.3 is 14.8 Å². The zero-order chi connectivity index (χ0) is 23.6. The number of hydrogen-bond acceptors (Lipinski definition) is 5. The Morgan fingerprint density at radius 1 is 1.00 bits per heavy atom. The molecule has 0 aromatic heterocycles. The monoisotopic (exact) mass is 486 g/mol. The van der Waals surface area contributed by atoms with Gasteiger partial charge in [0.15, 0.2) is 0 Å². The summed E-state index contributed by atoms with van der Waals surface area (Å²) in [4.78, 5) is 13.1. The van der Waals surface area contributed by atoms with E-state index in [1.54, 1.807) is 55.6 Å². The molecule has 0 saturated carbocycles. The number of amides is 1. The van der Waals surface area contributed by atoms with E-state index >= 15 is 0 Å². The number of nitrogens with zero attached hydrogens (tertiary/aromatic N) is 1. The van der Waals surface area contributed by atoms with Crippen LogP contribution in [0, 0.1) is 0 Å². The number of methoxy groups -OCH3 is 2. The Labute approximate surface area is 197 Å². The van der Waals surface area contributed by atoms with Crippen molar-refractivity contribution in [1.82, 2.24) is 0 Å². The Bertz CT molecular complexity index is 1290. The van der Waals surface area contributed by atoms with Gasteiger partial charge in [-0.1, -0.05) is 11.6 Å². The number of anilines is 2. The van der Waals surface area contributed by atoms with Crippen molar-refractivity contribution in [3.05, 3.63) is 76.8 Å². The molecule has 0 saturated heterocycles. The van der Waals surface area contributed by atoms with Crippen molar-refractivity contribution in [2.45, 2.75) is 17.7 Å². The second-order valence-electron chi connectivity index (χ2n) is 7.50. The number of fused-ring (bicyclic) bond motifs is 1. The smallest absolute Gasteiger partial charge is 0.264 e. The van der Waals surface area contributed by atoms with E-state index in [0.717, 1.165) is 5.56 Å². The molecule has 7 nitrogen and oxygen atoms in total. The van der Waals surface area contributed by atoms with Crippen LogP contribution in [0.3, 0.4) is 0 Å². The second kappa shape index (κ2) is 9.33. The average molecular weight is 487 g/mol. The highest BCUT2D eigenvalue weighted by atomic mass is 35.5. The maximum Gasteiger partial charge on any atom is 0.264 e. The molecular weight excluding hydrogens is 464 g/mol. The number of carbonyl (C=O) groups excluding carboxylic acids is 1. The molecule has 0 bridgehead atoms. The third-order valence-electron chi connectivity index (χ3n) is 5.47. The second-order valence-corrected chi connectivity index (χ2v) is 9.80. The Kier molecular flexibility index (Phi) is 6.49. The molecule has 3 aromatic carbocycles. The van der Waals surface area contributed by atoms with Crippen molar-refractivity contribution in [3.63, 3.8) is 0 Å². The zero-order valence-corrected chi connectivity index (χ0v) is 19.7. The molecule has 4 rings (SSSR count). The minimum atomic E-state index is -3.75. The van der Waals surface area contributed by atoms with E-state index < -0.39 is 10.0 Å². The standard InChI is InChI=1S/C24H23ClN2O5S/c1-31-19-8-12-23(32-2)21(15-19)26-24(28)17-5-11-22-16(14-17)4-3-13-27(22)33(29,30)20-9-6-18(25)7-10-20/h5-12,14-15H,3-4,13H2,1-2H3,(H,26,28). The Morgan fingerprint density at radius 3 is 2.45 bits per heavy atom. The van der Waals surface area contributed by atoms with E-state index in [1.165, 1.54) is 23.5 Å². The first kappa shape index (κ1) is 22.9. The molecule has 1 aliphatic rings. The van der Waals surface area contributed by atoms with Gasteiger partial charge in [0, 0.05) is 23.2 Å². The van der Waals surface area contributed by atoms with E-state index in [0.29, 0.717) is 52.8 Å². The molecule has 33 heavy (non-hydrogen) atoms. The molecule has 0 unspecified atom stereocenters. The molecule has 1 heterocycles. The number of benzene rings is 3. The number of carbonyl (C=O) groups is 1. The molecule has 0 radical (unpaired) electrons.